The molecule has 0 spiro atoms. The van der Waals surface area contributed by atoms with Crippen molar-refractivity contribution < 1.29 is 13.7 Å². The van der Waals surface area contributed by atoms with Crippen LogP contribution in [0.1, 0.15) is 5.56 Å². The molecule has 0 radical (unpaired) electrons. The summed E-state index contributed by atoms with van der Waals surface area (Å²) in [6, 6.07) is 15.6. The minimum Gasteiger partial charge on any atom is -0.496 e. The summed E-state index contributed by atoms with van der Waals surface area (Å²) >= 11 is 0. The van der Waals surface area contributed by atoms with Crippen LogP contribution in [-0.2, 0) is 21.3 Å². The van der Waals surface area contributed by atoms with Crippen molar-refractivity contribution in [2.75, 3.05) is 12.9 Å². The summed E-state index contributed by atoms with van der Waals surface area (Å²) in [5.74, 6) is 0.199. The van der Waals surface area contributed by atoms with Crippen molar-refractivity contribution in [3.63, 3.8) is 0 Å². The number of rotatable bonds is 6. The molecule has 0 heterocycles. The van der Waals surface area contributed by atoms with E-state index in [1.165, 1.54) is 0 Å². The molecular weight excluding hydrogens is 286 g/mol. The second-order valence-corrected chi connectivity index (χ2v) is 6.04. The zero-order valence-corrected chi connectivity index (χ0v) is 12.6. The SMILES string of the molecule is COc1ccc(-c2ccccc2)cc1C[S@@](=O)CC(N)=O. The van der Waals surface area contributed by atoms with Crippen molar-refractivity contribution in [3.05, 3.63) is 54.1 Å². The second-order valence-electron chi connectivity index (χ2n) is 4.59. The fourth-order valence-electron chi connectivity index (χ4n) is 2.08. The first-order chi connectivity index (χ1) is 10.1. The summed E-state index contributed by atoms with van der Waals surface area (Å²) in [5, 5.41) is 0. The number of benzene rings is 2. The van der Waals surface area contributed by atoms with E-state index in [2.05, 4.69) is 0 Å². The molecule has 0 aromatic heterocycles. The summed E-state index contributed by atoms with van der Waals surface area (Å²) in [5.41, 5.74) is 7.97. The molecule has 0 saturated heterocycles. The molecule has 21 heavy (non-hydrogen) atoms. The third kappa shape index (κ3) is 4.16. The van der Waals surface area contributed by atoms with Gasteiger partial charge in [-0.15, -0.1) is 0 Å². The number of primary amides is 1. The first-order valence-corrected chi connectivity index (χ1v) is 7.94. The number of amides is 1. The van der Waals surface area contributed by atoms with Crippen molar-refractivity contribution in [2.45, 2.75) is 5.75 Å². The van der Waals surface area contributed by atoms with Crippen LogP contribution in [-0.4, -0.2) is 23.0 Å². The lowest BCUT2D eigenvalue weighted by Crippen LogP contribution is -2.20. The first kappa shape index (κ1) is 15.3. The van der Waals surface area contributed by atoms with Crippen LogP contribution in [0.25, 0.3) is 11.1 Å². The van der Waals surface area contributed by atoms with Crippen LogP contribution in [0.5, 0.6) is 5.75 Å². The number of hydrogen-bond acceptors (Lipinski definition) is 3. The lowest BCUT2D eigenvalue weighted by Gasteiger charge is -2.10. The van der Waals surface area contributed by atoms with Gasteiger partial charge in [0.15, 0.2) is 0 Å². The lowest BCUT2D eigenvalue weighted by molar-refractivity contribution is -0.115. The van der Waals surface area contributed by atoms with Gasteiger partial charge in [-0.1, -0.05) is 36.4 Å². The van der Waals surface area contributed by atoms with Gasteiger partial charge >= 0.3 is 0 Å². The third-order valence-corrected chi connectivity index (χ3v) is 4.25. The third-order valence-electron chi connectivity index (χ3n) is 3.01. The molecule has 0 aliphatic heterocycles. The van der Waals surface area contributed by atoms with E-state index in [4.69, 9.17) is 10.5 Å². The molecule has 5 heteroatoms. The predicted octanol–water partition coefficient (Wildman–Crippen LogP) is 2.10. The van der Waals surface area contributed by atoms with Crippen LogP contribution in [0.4, 0.5) is 0 Å². The molecule has 2 N–H and O–H groups in total. The Morgan fingerprint density at radius 1 is 1.14 bits per heavy atom. The van der Waals surface area contributed by atoms with E-state index in [0.29, 0.717) is 5.75 Å². The van der Waals surface area contributed by atoms with Gasteiger partial charge in [0.2, 0.25) is 5.91 Å². The van der Waals surface area contributed by atoms with Crippen LogP contribution in [0.3, 0.4) is 0 Å². The Balaban J connectivity index is 2.30. The molecule has 1 atom stereocenters. The molecule has 0 aliphatic carbocycles. The lowest BCUT2D eigenvalue weighted by atomic mass is 10.0. The number of nitrogens with two attached hydrogens (primary N) is 1. The maximum atomic E-state index is 11.9. The summed E-state index contributed by atoms with van der Waals surface area (Å²) in [6.45, 7) is 0. The van der Waals surface area contributed by atoms with Gasteiger partial charge in [-0.05, 0) is 23.3 Å². The molecular formula is C16H17NO3S. The van der Waals surface area contributed by atoms with Crippen LogP contribution in [0.2, 0.25) is 0 Å². The summed E-state index contributed by atoms with van der Waals surface area (Å²) in [6.07, 6.45) is 0. The number of carbonyl (C=O) groups is 1. The van der Waals surface area contributed by atoms with Crippen LogP contribution >= 0.6 is 0 Å². The molecule has 0 bridgehead atoms. The van der Waals surface area contributed by atoms with Crippen LogP contribution < -0.4 is 10.5 Å². The quantitative estimate of drug-likeness (QED) is 0.888. The molecule has 110 valence electrons. The number of ether oxygens (including phenoxy) is 1. The van der Waals surface area contributed by atoms with Crippen molar-refractivity contribution in [2.24, 2.45) is 5.73 Å². The Bertz CT molecular complexity index is 656. The average molecular weight is 303 g/mol. The Morgan fingerprint density at radius 2 is 1.86 bits per heavy atom. The van der Waals surface area contributed by atoms with E-state index in [9.17, 15) is 9.00 Å². The topological polar surface area (TPSA) is 69.4 Å². The Kier molecular flexibility index (Phi) is 5.11. The highest BCUT2D eigenvalue weighted by molar-refractivity contribution is 7.84. The van der Waals surface area contributed by atoms with Crippen molar-refractivity contribution in [1.29, 1.82) is 0 Å². The maximum Gasteiger partial charge on any atom is 0.230 e. The minimum atomic E-state index is -1.33. The van der Waals surface area contributed by atoms with Crippen LogP contribution in [0.15, 0.2) is 48.5 Å². The van der Waals surface area contributed by atoms with Gasteiger partial charge in [-0.3, -0.25) is 9.00 Å². The van der Waals surface area contributed by atoms with Gasteiger partial charge in [0, 0.05) is 16.4 Å². The molecule has 2 rings (SSSR count). The maximum absolute atomic E-state index is 11.9. The standard InChI is InChI=1S/C16H17NO3S/c1-20-15-8-7-13(12-5-3-2-4-6-12)9-14(15)10-21(19)11-16(17)18/h2-9H,10-11H2,1H3,(H2,17,18)/t21-/m1/s1. The van der Waals surface area contributed by atoms with Crippen molar-refractivity contribution in [1.82, 2.24) is 0 Å². The average Bonchev–Trinajstić information content (AvgIpc) is 2.47. The Hall–Kier alpha value is -2.14. The highest BCUT2D eigenvalue weighted by Gasteiger charge is 2.11. The first-order valence-electron chi connectivity index (χ1n) is 6.46. The number of carbonyl (C=O) groups excluding carboxylic acids is 1. The molecule has 2 aromatic carbocycles. The second kappa shape index (κ2) is 7.04. The Labute approximate surface area is 126 Å². The molecule has 4 nitrogen and oxygen atoms in total. The normalized spacial score (nSPS) is 11.9. The Morgan fingerprint density at radius 3 is 2.48 bits per heavy atom. The zero-order chi connectivity index (χ0) is 15.2. The van der Waals surface area contributed by atoms with Gasteiger partial charge in [-0.2, -0.15) is 0 Å². The predicted molar refractivity (Wildman–Crippen MR) is 84.3 cm³/mol. The summed E-state index contributed by atoms with van der Waals surface area (Å²) in [4.78, 5) is 10.8. The molecule has 2 aromatic rings. The van der Waals surface area contributed by atoms with Crippen LogP contribution in [0, 0.1) is 0 Å². The molecule has 0 unspecified atom stereocenters. The van der Waals surface area contributed by atoms with Crippen molar-refractivity contribution >= 4 is 16.7 Å². The van der Waals surface area contributed by atoms with Gasteiger partial charge in [0.25, 0.3) is 0 Å². The van der Waals surface area contributed by atoms with E-state index in [1.807, 2.05) is 48.5 Å². The summed E-state index contributed by atoms with van der Waals surface area (Å²) in [7, 11) is 0.235. The largest absolute Gasteiger partial charge is 0.496 e. The number of hydrogen-bond donors (Lipinski definition) is 1. The zero-order valence-electron chi connectivity index (χ0n) is 11.7. The molecule has 0 aliphatic rings. The van der Waals surface area contributed by atoms with E-state index in [-0.39, 0.29) is 11.5 Å². The van der Waals surface area contributed by atoms with E-state index in [0.717, 1.165) is 16.7 Å². The van der Waals surface area contributed by atoms with Gasteiger partial charge in [-0.25, -0.2) is 0 Å². The van der Waals surface area contributed by atoms with E-state index >= 15 is 0 Å². The number of methoxy groups -OCH3 is 1. The van der Waals surface area contributed by atoms with E-state index < -0.39 is 16.7 Å². The fraction of sp³-hybridized carbons (Fsp3) is 0.188. The van der Waals surface area contributed by atoms with Crippen molar-refractivity contribution in [3.8, 4) is 16.9 Å². The highest BCUT2D eigenvalue weighted by atomic mass is 32.2. The molecule has 0 saturated carbocycles. The monoisotopic (exact) mass is 303 g/mol. The van der Waals surface area contributed by atoms with Gasteiger partial charge < -0.3 is 10.5 Å². The van der Waals surface area contributed by atoms with Gasteiger partial charge in [0.1, 0.15) is 11.5 Å². The van der Waals surface area contributed by atoms with E-state index in [1.54, 1.807) is 7.11 Å². The molecule has 0 fully saturated rings. The fourth-order valence-corrected chi connectivity index (χ4v) is 3.08. The highest BCUT2D eigenvalue weighted by Crippen LogP contribution is 2.27. The van der Waals surface area contributed by atoms with Gasteiger partial charge in [0.05, 0.1) is 12.9 Å². The smallest absolute Gasteiger partial charge is 0.230 e. The minimum absolute atomic E-state index is 0.140. The summed E-state index contributed by atoms with van der Waals surface area (Å²) < 4.78 is 17.2. The molecule has 1 amide bonds.